The number of nitrogens with one attached hydrogen (secondary N) is 1. The lowest BCUT2D eigenvalue weighted by Gasteiger charge is -2.15. The summed E-state index contributed by atoms with van der Waals surface area (Å²) >= 11 is 1.75. The second kappa shape index (κ2) is 6.06. The summed E-state index contributed by atoms with van der Waals surface area (Å²) in [7, 11) is 6.08. The van der Waals surface area contributed by atoms with E-state index in [1.165, 1.54) is 10.3 Å². The van der Waals surface area contributed by atoms with Crippen LogP contribution in [-0.4, -0.2) is 28.9 Å². The number of anilines is 1. The quantitative estimate of drug-likeness (QED) is 0.786. The minimum absolute atomic E-state index is 0.778. The normalized spacial score (nSPS) is 11.3. The van der Waals surface area contributed by atoms with Crippen LogP contribution in [0.3, 0.4) is 0 Å². The molecule has 0 atom stereocenters. The number of aryl methyl sites for hydroxylation is 2. The van der Waals surface area contributed by atoms with E-state index in [2.05, 4.69) is 45.4 Å². The van der Waals surface area contributed by atoms with Crippen LogP contribution in [0.25, 0.3) is 10.2 Å². The van der Waals surface area contributed by atoms with Crippen LogP contribution in [0.2, 0.25) is 0 Å². The molecule has 5 nitrogen and oxygen atoms in total. The summed E-state index contributed by atoms with van der Waals surface area (Å²) in [5.41, 5.74) is 3.40. The van der Waals surface area contributed by atoms with Gasteiger partial charge in [-0.05, 0) is 19.1 Å². The van der Waals surface area contributed by atoms with Gasteiger partial charge < -0.3 is 10.2 Å². The molecule has 0 aliphatic carbocycles. The maximum Gasteiger partial charge on any atom is 0.130 e. The SMILES string of the molecule is Cc1nn(C)c(N(C)C)c1CNCc1nc2ccccc2s1. The Hall–Kier alpha value is -1.92. The van der Waals surface area contributed by atoms with Crippen LogP contribution in [0, 0.1) is 6.92 Å². The van der Waals surface area contributed by atoms with Crippen LogP contribution in [0.1, 0.15) is 16.3 Å². The van der Waals surface area contributed by atoms with Gasteiger partial charge in [-0.15, -0.1) is 11.3 Å². The van der Waals surface area contributed by atoms with Crippen molar-refractivity contribution in [2.45, 2.75) is 20.0 Å². The summed E-state index contributed by atoms with van der Waals surface area (Å²) in [5.74, 6) is 1.15. The van der Waals surface area contributed by atoms with Crippen LogP contribution in [0.4, 0.5) is 5.82 Å². The summed E-state index contributed by atoms with van der Waals surface area (Å²) in [6.45, 7) is 3.63. The number of hydrogen-bond donors (Lipinski definition) is 1. The van der Waals surface area contributed by atoms with Gasteiger partial charge in [0.25, 0.3) is 0 Å². The highest BCUT2D eigenvalue weighted by Gasteiger charge is 2.14. The number of hydrogen-bond acceptors (Lipinski definition) is 5. The standard InChI is InChI=1S/C16H21N5S/c1-11-12(16(20(2)3)21(4)19-11)9-17-10-15-18-13-7-5-6-8-14(13)22-15/h5-8,17H,9-10H2,1-4H3. The average Bonchev–Trinajstić information content (AvgIpc) is 2.99. The fraction of sp³-hybridized carbons (Fsp3) is 0.375. The zero-order valence-corrected chi connectivity index (χ0v) is 14.2. The van der Waals surface area contributed by atoms with Gasteiger partial charge in [-0.25, -0.2) is 4.98 Å². The smallest absolute Gasteiger partial charge is 0.130 e. The van der Waals surface area contributed by atoms with Crippen molar-refractivity contribution < 1.29 is 0 Å². The van der Waals surface area contributed by atoms with E-state index in [0.717, 1.165) is 35.1 Å². The molecule has 1 N–H and O–H groups in total. The van der Waals surface area contributed by atoms with E-state index < -0.39 is 0 Å². The average molecular weight is 315 g/mol. The molecule has 2 heterocycles. The Morgan fingerprint density at radius 1 is 1.23 bits per heavy atom. The Morgan fingerprint density at radius 3 is 2.73 bits per heavy atom. The predicted octanol–water partition coefficient (Wildman–Crippen LogP) is 2.69. The molecule has 0 fully saturated rings. The van der Waals surface area contributed by atoms with Crippen LogP contribution in [0.5, 0.6) is 0 Å². The molecule has 3 aromatic rings. The van der Waals surface area contributed by atoms with Gasteiger partial charge in [-0.2, -0.15) is 5.10 Å². The van der Waals surface area contributed by atoms with Gasteiger partial charge in [0.1, 0.15) is 10.8 Å². The van der Waals surface area contributed by atoms with E-state index >= 15 is 0 Å². The maximum atomic E-state index is 4.65. The minimum Gasteiger partial charge on any atom is -0.363 e. The first kappa shape index (κ1) is 15.0. The van der Waals surface area contributed by atoms with Crippen LogP contribution < -0.4 is 10.2 Å². The number of rotatable bonds is 5. The molecule has 1 aromatic carbocycles. The molecule has 0 aliphatic heterocycles. The van der Waals surface area contributed by atoms with Gasteiger partial charge >= 0.3 is 0 Å². The molecule has 0 spiro atoms. The summed E-state index contributed by atoms with van der Waals surface area (Å²) < 4.78 is 3.18. The van der Waals surface area contributed by atoms with Crippen molar-refractivity contribution in [3.63, 3.8) is 0 Å². The molecular weight excluding hydrogens is 294 g/mol. The molecule has 0 saturated carbocycles. The van der Waals surface area contributed by atoms with Gasteiger partial charge in [0.2, 0.25) is 0 Å². The van der Waals surface area contributed by atoms with Crippen molar-refractivity contribution in [3.8, 4) is 0 Å². The van der Waals surface area contributed by atoms with Crippen molar-refractivity contribution >= 4 is 27.4 Å². The molecule has 0 saturated heterocycles. The van der Waals surface area contributed by atoms with E-state index in [1.54, 1.807) is 11.3 Å². The molecule has 0 bridgehead atoms. The number of aromatic nitrogens is 3. The minimum atomic E-state index is 0.778. The Balaban J connectivity index is 1.71. The van der Waals surface area contributed by atoms with Gasteiger partial charge in [0, 0.05) is 39.8 Å². The Bertz CT molecular complexity index is 754. The number of thiazole rings is 1. The highest BCUT2D eigenvalue weighted by atomic mass is 32.1. The Kier molecular flexibility index (Phi) is 4.13. The van der Waals surface area contributed by atoms with E-state index in [1.807, 2.05) is 31.9 Å². The molecular formula is C16H21N5S. The van der Waals surface area contributed by atoms with Crippen LogP contribution in [-0.2, 0) is 20.1 Å². The van der Waals surface area contributed by atoms with E-state index in [0.29, 0.717) is 0 Å². The second-order valence-corrected chi connectivity index (χ2v) is 6.70. The lowest BCUT2D eigenvalue weighted by Crippen LogP contribution is -2.18. The van der Waals surface area contributed by atoms with Crippen molar-refractivity contribution in [1.29, 1.82) is 0 Å². The lowest BCUT2D eigenvalue weighted by molar-refractivity contribution is 0.686. The molecule has 2 aromatic heterocycles. The van der Waals surface area contributed by atoms with Crippen molar-refractivity contribution in [2.24, 2.45) is 7.05 Å². The van der Waals surface area contributed by atoms with Crippen molar-refractivity contribution in [3.05, 3.63) is 40.5 Å². The zero-order valence-electron chi connectivity index (χ0n) is 13.4. The predicted molar refractivity (Wildman–Crippen MR) is 92.4 cm³/mol. The van der Waals surface area contributed by atoms with Crippen LogP contribution >= 0.6 is 11.3 Å². The highest BCUT2D eigenvalue weighted by Crippen LogP contribution is 2.23. The topological polar surface area (TPSA) is 46.0 Å². The molecule has 22 heavy (non-hydrogen) atoms. The second-order valence-electron chi connectivity index (χ2n) is 5.58. The first-order chi connectivity index (χ1) is 10.6. The van der Waals surface area contributed by atoms with Gasteiger partial charge in [-0.3, -0.25) is 4.68 Å². The lowest BCUT2D eigenvalue weighted by atomic mass is 10.2. The maximum absolute atomic E-state index is 4.65. The molecule has 0 aliphatic rings. The van der Waals surface area contributed by atoms with Crippen LogP contribution in [0.15, 0.2) is 24.3 Å². The largest absolute Gasteiger partial charge is 0.363 e. The summed E-state index contributed by atoms with van der Waals surface area (Å²) in [4.78, 5) is 6.76. The monoisotopic (exact) mass is 315 g/mol. The first-order valence-electron chi connectivity index (χ1n) is 7.31. The third-order valence-electron chi connectivity index (χ3n) is 3.65. The molecule has 6 heteroatoms. The van der Waals surface area contributed by atoms with Gasteiger partial charge in [-0.1, -0.05) is 12.1 Å². The molecule has 0 amide bonds. The van der Waals surface area contributed by atoms with Gasteiger partial charge in [0.05, 0.1) is 15.9 Å². The first-order valence-corrected chi connectivity index (χ1v) is 8.13. The highest BCUT2D eigenvalue weighted by molar-refractivity contribution is 7.18. The number of nitrogens with zero attached hydrogens (tertiary/aromatic N) is 4. The van der Waals surface area contributed by atoms with E-state index in [9.17, 15) is 0 Å². The Labute approximate surface area is 134 Å². The summed E-state index contributed by atoms with van der Waals surface area (Å²) in [6, 6.07) is 8.26. The van der Waals surface area contributed by atoms with E-state index in [-0.39, 0.29) is 0 Å². The molecule has 0 radical (unpaired) electrons. The third-order valence-corrected chi connectivity index (χ3v) is 4.69. The third kappa shape index (κ3) is 2.84. The van der Waals surface area contributed by atoms with Crippen molar-refractivity contribution in [2.75, 3.05) is 19.0 Å². The zero-order chi connectivity index (χ0) is 15.7. The summed E-state index contributed by atoms with van der Waals surface area (Å²) in [5, 5.41) is 9.13. The fourth-order valence-corrected chi connectivity index (χ4v) is 3.68. The number of para-hydroxylation sites is 1. The number of fused-ring (bicyclic) bond motifs is 1. The van der Waals surface area contributed by atoms with Gasteiger partial charge in [0.15, 0.2) is 0 Å². The Morgan fingerprint density at radius 2 is 2.00 bits per heavy atom. The van der Waals surface area contributed by atoms with Crippen molar-refractivity contribution in [1.82, 2.24) is 20.1 Å². The van der Waals surface area contributed by atoms with E-state index in [4.69, 9.17) is 0 Å². The fourth-order valence-electron chi connectivity index (χ4n) is 2.75. The molecule has 116 valence electrons. The number of benzene rings is 1. The molecule has 3 rings (SSSR count). The molecule has 0 unspecified atom stereocenters. The summed E-state index contributed by atoms with van der Waals surface area (Å²) in [6.07, 6.45) is 0.